The molecule has 1 aliphatic rings. The number of guanidine groups is 1. The third kappa shape index (κ3) is 2.75. The van der Waals surface area contributed by atoms with E-state index in [9.17, 15) is 4.39 Å². The van der Waals surface area contributed by atoms with Crippen molar-refractivity contribution < 1.29 is 4.39 Å². The fraction of sp³-hybridized carbons (Fsp3) is 0.143. The Labute approximate surface area is 120 Å². The van der Waals surface area contributed by atoms with Gasteiger partial charge in [0.15, 0.2) is 0 Å². The first-order valence-electron chi connectivity index (χ1n) is 6.20. The summed E-state index contributed by atoms with van der Waals surface area (Å²) in [7, 11) is 0. The summed E-state index contributed by atoms with van der Waals surface area (Å²) in [5, 5.41) is 6.45. The molecule has 1 aliphatic heterocycles. The molecule has 0 saturated heterocycles. The van der Waals surface area contributed by atoms with Crippen LogP contribution in [0.25, 0.3) is 0 Å². The number of rotatable bonds is 2. The maximum atomic E-state index is 13.1. The number of nitrogens with zero attached hydrogens (tertiary/aromatic N) is 2. The molecule has 0 amide bonds. The highest BCUT2D eigenvalue weighted by Crippen LogP contribution is 2.32. The standard InChI is InChI=1S/C14H13FN4S/c1-9(10-4-6-16-7-5-10)17-14-18-12-3-2-11(15)8-13(12)20-19-14/h2-9H,1H3,(H2,17,18,19). The quantitative estimate of drug-likeness (QED) is 0.832. The molecular formula is C14H13FN4S. The SMILES string of the molecule is CC(NC1=NSc2cc(F)ccc2N1)c1ccncc1. The Morgan fingerprint density at radius 1 is 1.25 bits per heavy atom. The smallest absolute Gasteiger partial charge is 0.208 e. The molecule has 0 saturated carbocycles. The summed E-state index contributed by atoms with van der Waals surface area (Å²) in [4.78, 5) is 4.78. The maximum Gasteiger partial charge on any atom is 0.208 e. The molecule has 0 aliphatic carbocycles. The van der Waals surface area contributed by atoms with Gasteiger partial charge in [0.25, 0.3) is 0 Å². The molecule has 1 aromatic heterocycles. The van der Waals surface area contributed by atoms with Crippen molar-refractivity contribution in [3.8, 4) is 0 Å². The Kier molecular flexibility index (Phi) is 3.56. The topological polar surface area (TPSA) is 49.3 Å². The molecule has 0 spiro atoms. The number of nitrogens with one attached hydrogen (secondary N) is 2. The van der Waals surface area contributed by atoms with Gasteiger partial charge < -0.3 is 10.6 Å². The van der Waals surface area contributed by atoms with Gasteiger partial charge in [-0.15, -0.1) is 0 Å². The van der Waals surface area contributed by atoms with Crippen LogP contribution in [0, 0.1) is 5.82 Å². The summed E-state index contributed by atoms with van der Waals surface area (Å²) in [5.74, 6) is 0.410. The Morgan fingerprint density at radius 3 is 2.85 bits per heavy atom. The Bertz CT molecular complexity index is 645. The second kappa shape index (κ2) is 5.50. The average Bonchev–Trinajstić information content (AvgIpc) is 2.48. The number of benzene rings is 1. The van der Waals surface area contributed by atoms with E-state index in [1.54, 1.807) is 18.5 Å². The highest BCUT2D eigenvalue weighted by Gasteiger charge is 2.15. The first-order valence-corrected chi connectivity index (χ1v) is 6.98. The van der Waals surface area contributed by atoms with Gasteiger partial charge in [0, 0.05) is 24.3 Å². The summed E-state index contributed by atoms with van der Waals surface area (Å²) in [6.45, 7) is 2.05. The van der Waals surface area contributed by atoms with Crippen LogP contribution in [0.3, 0.4) is 0 Å². The van der Waals surface area contributed by atoms with Crippen LogP contribution in [0.2, 0.25) is 0 Å². The normalized spacial score (nSPS) is 14.8. The lowest BCUT2D eigenvalue weighted by molar-refractivity contribution is 0.624. The van der Waals surface area contributed by atoms with E-state index in [1.807, 2.05) is 19.1 Å². The summed E-state index contributed by atoms with van der Waals surface area (Å²) in [6.07, 6.45) is 3.52. The number of hydrogen-bond acceptors (Lipinski definition) is 5. The van der Waals surface area contributed by atoms with Crippen LogP contribution in [0.4, 0.5) is 10.1 Å². The fourth-order valence-corrected chi connectivity index (χ4v) is 2.59. The van der Waals surface area contributed by atoms with Crippen LogP contribution in [-0.4, -0.2) is 10.9 Å². The fourth-order valence-electron chi connectivity index (χ4n) is 1.92. The van der Waals surface area contributed by atoms with E-state index in [4.69, 9.17) is 0 Å². The second-order valence-corrected chi connectivity index (χ2v) is 5.25. The van der Waals surface area contributed by atoms with Crippen molar-refractivity contribution in [2.75, 3.05) is 5.32 Å². The zero-order chi connectivity index (χ0) is 13.9. The van der Waals surface area contributed by atoms with Crippen molar-refractivity contribution in [2.45, 2.75) is 17.9 Å². The molecule has 0 fully saturated rings. The van der Waals surface area contributed by atoms with Crippen molar-refractivity contribution >= 4 is 23.6 Å². The van der Waals surface area contributed by atoms with Crippen molar-refractivity contribution in [1.82, 2.24) is 10.3 Å². The van der Waals surface area contributed by atoms with Crippen molar-refractivity contribution in [2.24, 2.45) is 4.40 Å². The van der Waals surface area contributed by atoms with Crippen LogP contribution in [0.1, 0.15) is 18.5 Å². The molecule has 102 valence electrons. The minimum Gasteiger partial charge on any atom is -0.349 e. The molecule has 3 rings (SSSR count). The van der Waals surface area contributed by atoms with Gasteiger partial charge in [-0.2, -0.15) is 4.40 Å². The summed E-state index contributed by atoms with van der Waals surface area (Å²) in [6, 6.07) is 8.63. The monoisotopic (exact) mass is 288 g/mol. The number of anilines is 1. The number of pyridine rings is 1. The molecule has 2 heterocycles. The average molecular weight is 288 g/mol. The zero-order valence-electron chi connectivity index (χ0n) is 10.8. The number of aromatic nitrogens is 1. The van der Waals surface area contributed by atoms with E-state index in [0.29, 0.717) is 5.96 Å². The van der Waals surface area contributed by atoms with Crippen LogP contribution >= 0.6 is 11.9 Å². The first kappa shape index (κ1) is 12.9. The van der Waals surface area contributed by atoms with Gasteiger partial charge >= 0.3 is 0 Å². The molecule has 1 atom stereocenters. The lowest BCUT2D eigenvalue weighted by Gasteiger charge is -2.22. The van der Waals surface area contributed by atoms with E-state index < -0.39 is 0 Å². The minimum atomic E-state index is -0.255. The van der Waals surface area contributed by atoms with Gasteiger partial charge in [0.2, 0.25) is 5.96 Å². The third-order valence-corrected chi connectivity index (χ3v) is 3.80. The van der Waals surface area contributed by atoms with E-state index in [1.165, 1.54) is 24.1 Å². The highest BCUT2D eigenvalue weighted by molar-refractivity contribution is 7.98. The van der Waals surface area contributed by atoms with E-state index in [0.717, 1.165) is 16.1 Å². The molecule has 1 aromatic carbocycles. The molecular weight excluding hydrogens is 275 g/mol. The predicted molar refractivity (Wildman–Crippen MR) is 79.1 cm³/mol. The van der Waals surface area contributed by atoms with Gasteiger partial charge in [-0.25, -0.2) is 4.39 Å². The Morgan fingerprint density at radius 2 is 2.05 bits per heavy atom. The molecule has 4 nitrogen and oxygen atoms in total. The number of fused-ring (bicyclic) bond motifs is 1. The highest BCUT2D eigenvalue weighted by atomic mass is 32.2. The molecule has 0 bridgehead atoms. The van der Waals surface area contributed by atoms with Crippen molar-refractivity contribution in [1.29, 1.82) is 0 Å². The Balaban J connectivity index is 1.71. The van der Waals surface area contributed by atoms with Crippen LogP contribution < -0.4 is 10.6 Å². The molecule has 2 N–H and O–H groups in total. The van der Waals surface area contributed by atoms with Gasteiger partial charge in [-0.05, 0) is 42.8 Å². The molecule has 6 heteroatoms. The van der Waals surface area contributed by atoms with E-state index >= 15 is 0 Å². The number of hydrogen-bond donors (Lipinski definition) is 2. The maximum absolute atomic E-state index is 13.1. The third-order valence-electron chi connectivity index (χ3n) is 2.99. The van der Waals surface area contributed by atoms with Gasteiger partial charge in [-0.1, -0.05) is 0 Å². The van der Waals surface area contributed by atoms with Crippen LogP contribution in [0.5, 0.6) is 0 Å². The molecule has 1 unspecified atom stereocenters. The van der Waals surface area contributed by atoms with Crippen molar-refractivity contribution in [3.05, 3.63) is 54.1 Å². The van der Waals surface area contributed by atoms with Crippen LogP contribution in [-0.2, 0) is 0 Å². The minimum absolute atomic E-state index is 0.104. The lowest BCUT2D eigenvalue weighted by Crippen LogP contribution is -2.33. The second-order valence-electron chi connectivity index (χ2n) is 4.44. The van der Waals surface area contributed by atoms with E-state index in [-0.39, 0.29) is 11.9 Å². The van der Waals surface area contributed by atoms with Gasteiger partial charge in [0.05, 0.1) is 16.6 Å². The Hall–Kier alpha value is -2.08. The summed E-state index contributed by atoms with van der Waals surface area (Å²) < 4.78 is 17.4. The molecule has 2 aromatic rings. The lowest BCUT2D eigenvalue weighted by atomic mass is 10.1. The first-order chi connectivity index (χ1) is 9.72. The zero-order valence-corrected chi connectivity index (χ0v) is 11.6. The van der Waals surface area contributed by atoms with E-state index in [2.05, 4.69) is 20.0 Å². The van der Waals surface area contributed by atoms with Crippen molar-refractivity contribution in [3.63, 3.8) is 0 Å². The number of halogens is 1. The van der Waals surface area contributed by atoms with Gasteiger partial charge in [-0.3, -0.25) is 4.98 Å². The summed E-state index contributed by atoms with van der Waals surface area (Å²) in [5.41, 5.74) is 1.98. The van der Waals surface area contributed by atoms with Gasteiger partial charge in [0.1, 0.15) is 5.82 Å². The summed E-state index contributed by atoms with van der Waals surface area (Å²) >= 11 is 1.26. The largest absolute Gasteiger partial charge is 0.349 e. The molecule has 0 radical (unpaired) electrons. The van der Waals surface area contributed by atoms with Crippen LogP contribution in [0.15, 0.2) is 52.0 Å². The molecule has 20 heavy (non-hydrogen) atoms. The predicted octanol–water partition coefficient (Wildman–Crippen LogP) is 3.36.